The molecule has 0 atom stereocenters. The number of benzene rings is 3. The molecule has 3 nitrogen and oxygen atoms in total. The summed E-state index contributed by atoms with van der Waals surface area (Å²) >= 11 is 0. The predicted octanol–water partition coefficient (Wildman–Crippen LogP) is 4.72. The fourth-order valence-corrected chi connectivity index (χ4v) is 4.62. The molecule has 4 heteroatoms. The van der Waals surface area contributed by atoms with Crippen LogP contribution in [0.2, 0.25) is 0 Å². The maximum Gasteiger partial charge on any atom is 0.344 e. The number of carbonyl (C=O) groups is 1. The van der Waals surface area contributed by atoms with E-state index in [0.29, 0.717) is 12.4 Å². The van der Waals surface area contributed by atoms with Crippen LogP contribution in [0.15, 0.2) is 99.6 Å². The molecule has 0 fully saturated rings. The van der Waals surface area contributed by atoms with Gasteiger partial charge in [0.2, 0.25) is 0 Å². The van der Waals surface area contributed by atoms with Crippen molar-refractivity contribution in [1.82, 2.24) is 0 Å². The molecule has 0 amide bonds. The Balaban J connectivity index is 1.83. The molecule has 0 radical (unpaired) electrons. The lowest BCUT2D eigenvalue weighted by Gasteiger charge is -2.09. The van der Waals surface area contributed by atoms with E-state index in [1.807, 2.05) is 24.3 Å². The lowest BCUT2D eigenvalue weighted by Crippen LogP contribution is -2.14. The van der Waals surface area contributed by atoms with Crippen molar-refractivity contribution >= 4 is 16.9 Å². The molecule has 26 heavy (non-hydrogen) atoms. The monoisotopic (exact) mass is 365 g/mol. The van der Waals surface area contributed by atoms with Gasteiger partial charge >= 0.3 is 5.97 Å². The first-order valence-corrected chi connectivity index (χ1v) is 9.73. The minimum atomic E-state index is -0.357. The molecule has 0 aliphatic rings. The molecule has 0 unspecified atom stereocenters. The molecule has 0 saturated carbocycles. The lowest BCUT2D eigenvalue weighted by atomic mass is 10.3. The van der Waals surface area contributed by atoms with Crippen molar-refractivity contribution in [3.63, 3.8) is 0 Å². The van der Waals surface area contributed by atoms with Crippen LogP contribution in [0.5, 0.6) is 5.75 Å². The second-order valence-corrected chi connectivity index (χ2v) is 7.52. The lowest BCUT2D eigenvalue weighted by molar-refractivity contribution is -0.145. The van der Waals surface area contributed by atoms with E-state index < -0.39 is 0 Å². The zero-order valence-electron chi connectivity index (χ0n) is 14.6. The summed E-state index contributed by atoms with van der Waals surface area (Å²) in [6, 6.07) is 28.9. The van der Waals surface area contributed by atoms with E-state index in [4.69, 9.17) is 9.47 Å². The van der Waals surface area contributed by atoms with Crippen LogP contribution in [0.25, 0.3) is 0 Å². The third-order valence-corrected chi connectivity index (χ3v) is 5.91. The van der Waals surface area contributed by atoms with Gasteiger partial charge in [-0.1, -0.05) is 36.4 Å². The zero-order valence-corrected chi connectivity index (χ0v) is 15.4. The van der Waals surface area contributed by atoms with E-state index >= 15 is 0 Å². The maximum atomic E-state index is 11.4. The van der Waals surface area contributed by atoms with Crippen LogP contribution in [-0.2, 0) is 20.4 Å². The number of carbonyl (C=O) groups excluding carboxylic acids is 1. The largest absolute Gasteiger partial charge is 0.482 e. The molecule has 0 aliphatic heterocycles. The van der Waals surface area contributed by atoms with Crippen LogP contribution in [-0.4, -0.2) is 19.2 Å². The summed E-state index contributed by atoms with van der Waals surface area (Å²) in [5, 5.41) is 0. The molecule has 0 heterocycles. The van der Waals surface area contributed by atoms with Crippen molar-refractivity contribution in [3.8, 4) is 5.75 Å². The van der Waals surface area contributed by atoms with Crippen molar-refractivity contribution in [2.24, 2.45) is 0 Å². The molecule has 3 rings (SSSR count). The Labute approximate surface area is 156 Å². The summed E-state index contributed by atoms with van der Waals surface area (Å²) in [5.41, 5.74) is 0. The van der Waals surface area contributed by atoms with E-state index in [1.54, 1.807) is 6.92 Å². The van der Waals surface area contributed by atoms with Gasteiger partial charge in [0.05, 0.1) is 17.5 Å². The molecule has 0 saturated heterocycles. The van der Waals surface area contributed by atoms with Gasteiger partial charge in [-0.2, -0.15) is 0 Å². The second kappa shape index (κ2) is 9.11. The Hall–Kier alpha value is -2.72. The van der Waals surface area contributed by atoms with E-state index in [1.165, 1.54) is 14.7 Å². The number of hydrogen-bond donors (Lipinski definition) is 0. The fourth-order valence-electron chi connectivity index (χ4n) is 2.54. The topological polar surface area (TPSA) is 35.5 Å². The summed E-state index contributed by atoms with van der Waals surface area (Å²) in [7, 11) is -0.186. The van der Waals surface area contributed by atoms with Crippen molar-refractivity contribution in [1.29, 1.82) is 0 Å². The summed E-state index contributed by atoms with van der Waals surface area (Å²) in [6.07, 6.45) is 0. The highest BCUT2D eigenvalue weighted by Crippen LogP contribution is 2.31. The summed E-state index contributed by atoms with van der Waals surface area (Å²) in [6.45, 7) is 2.06. The van der Waals surface area contributed by atoms with Crippen molar-refractivity contribution in [3.05, 3.63) is 84.9 Å². The molecule has 3 aromatic rings. The van der Waals surface area contributed by atoms with Gasteiger partial charge in [0, 0.05) is 0 Å². The highest BCUT2D eigenvalue weighted by molar-refractivity contribution is 7.97. The van der Waals surface area contributed by atoms with Gasteiger partial charge in [-0.25, -0.2) is 4.79 Å². The van der Waals surface area contributed by atoms with E-state index in [0.717, 1.165) is 0 Å². The fraction of sp³-hybridized carbons (Fsp3) is 0.136. The minimum Gasteiger partial charge on any atom is -0.482 e. The molecule has 3 aromatic carbocycles. The van der Waals surface area contributed by atoms with Crippen LogP contribution in [0, 0.1) is 0 Å². The van der Waals surface area contributed by atoms with Gasteiger partial charge in [-0.05, 0) is 55.5 Å². The Kier molecular flexibility index (Phi) is 6.34. The van der Waals surface area contributed by atoms with Gasteiger partial charge in [-0.3, -0.25) is 0 Å². The molecular formula is C22H21O3S+. The third kappa shape index (κ3) is 4.67. The van der Waals surface area contributed by atoms with E-state index in [-0.39, 0.29) is 23.5 Å². The van der Waals surface area contributed by atoms with Crippen LogP contribution in [0.3, 0.4) is 0 Å². The normalized spacial score (nSPS) is 10.5. The van der Waals surface area contributed by atoms with Crippen LogP contribution < -0.4 is 4.74 Å². The average Bonchev–Trinajstić information content (AvgIpc) is 2.69. The Morgan fingerprint density at radius 2 is 1.27 bits per heavy atom. The van der Waals surface area contributed by atoms with Gasteiger partial charge in [0.15, 0.2) is 21.3 Å². The summed E-state index contributed by atoms with van der Waals surface area (Å²) < 4.78 is 10.4. The minimum absolute atomic E-state index is 0.0731. The van der Waals surface area contributed by atoms with E-state index in [9.17, 15) is 4.79 Å². The van der Waals surface area contributed by atoms with Crippen LogP contribution in [0.1, 0.15) is 6.92 Å². The molecule has 0 aliphatic carbocycles. The number of rotatable bonds is 7. The molecule has 0 aromatic heterocycles. The van der Waals surface area contributed by atoms with Crippen molar-refractivity contribution < 1.29 is 14.3 Å². The standard InChI is InChI=1S/C22H21O3S/c1-2-24-22(23)17-25-18-13-15-21(16-14-18)26(19-9-5-3-6-10-19)20-11-7-4-8-12-20/h3-16H,2,17H2,1H3/q+1. The Bertz CT molecular complexity index is 778. The first kappa shape index (κ1) is 18.1. The molecule has 132 valence electrons. The molecule has 0 spiro atoms. The van der Waals surface area contributed by atoms with Gasteiger partial charge in [0.1, 0.15) is 5.75 Å². The quantitative estimate of drug-likeness (QED) is 0.449. The molecule has 0 bridgehead atoms. The zero-order chi connectivity index (χ0) is 18.2. The molecular weight excluding hydrogens is 344 g/mol. The predicted molar refractivity (Wildman–Crippen MR) is 104 cm³/mol. The van der Waals surface area contributed by atoms with Crippen molar-refractivity contribution in [2.45, 2.75) is 21.6 Å². The SMILES string of the molecule is CCOC(=O)COc1ccc([S+](c2ccccc2)c2ccccc2)cc1. The van der Waals surface area contributed by atoms with Crippen LogP contribution >= 0.6 is 0 Å². The highest BCUT2D eigenvalue weighted by Gasteiger charge is 2.28. The Morgan fingerprint density at radius 3 is 1.77 bits per heavy atom. The van der Waals surface area contributed by atoms with Gasteiger partial charge in [-0.15, -0.1) is 0 Å². The van der Waals surface area contributed by atoms with Gasteiger partial charge in [0.25, 0.3) is 0 Å². The van der Waals surface area contributed by atoms with Crippen molar-refractivity contribution in [2.75, 3.05) is 13.2 Å². The second-order valence-electron chi connectivity index (χ2n) is 5.50. The average molecular weight is 365 g/mol. The van der Waals surface area contributed by atoms with Gasteiger partial charge < -0.3 is 9.47 Å². The van der Waals surface area contributed by atoms with E-state index in [2.05, 4.69) is 60.7 Å². The third-order valence-electron chi connectivity index (χ3n) is 3.68. The highest BCUT2D eigenvalue weighted by atomic mass is 32.2. The van der Waals surface area contributed by atoms with Crippen LogP contribution in [0.4, 0.5) is 0 Å². The summed E-state index contributed by atoms with van der Waals surface area (Å²) in [5.74, 6) is 0.302. The number of esters is 1. The molecule has 0 N–H and O–H groups in total. The number of hydrogen-bond acceptors (Lipinski definition) is 3. The number of ether oxygens (including phenoxy) is 2. The Morgan fingerprint density at radius 1 is 0.769 bits per heavy atom. The first-order valence-electron chi connectivity index (χ1n) is 8.51. The maximum absolute atomic E-state index is 11.4. The first-order chi connectivity index (χ1) is 12.8. The summed E-state index contributed by atoms with van der Waals surface area (Å²) in [4.78, 5) is 15.1. The smallest absolute Gasteiger partial charge is 0.344 e.